The third-order valence-corrected chi connectivity index (χ3v) is 4.20. The molecule has 0 saturated heterocycles. The van der Waals surface area contributed by atoms with E-state index in [1.807, 2.05) is 12.1 Å². The first-order chi connectivity index (χ1) is 10.5. The average molecular weight is 449 g/mol. The van der Waals surface area contributed by atoms with Gasteiger partial charge in [0.05, 0.1) is 3.57 Å². The van der Waals surface area contributed by atoms with Crippen LogP contribution < -0.4 is 4.74 Å². The Kier molecular flexibility index (Phi) is 6.11. The van der Waals surface area contributed by atoms with E-state index in [2.05, 4.69) is 22.6 Å². The highest BCUT2D eigenvalue weighted by molar-refractivity contribution is 14.1. The van der Waals surface area contributed by atoms with E-state index in [1.165, 1.54) is 6.08 Å². The van der Waals surface area contributed by atoms with E-state index >= 15 is 0 Å². The monoisotopic (exact) mass is 448 g/mol. The molecule has 0 bridgehead atoms. The fourth-order valence-corrected chi connectivity index (χ4v) is 2.86. The van der Waals surface area contributed by atoms with Crippen molar-refractivity contribution < 1.29 is 14.6 Å². The molecule has 0 atom stereocenters. The Balaban J connectivity index is 2.08. The van der Waals surface area contributed by atoms with Crippen molar-refractivity contribution in [2.75, 3.05) is 0 Å². The van der Waals surface area contributed by atoms with Crippen LogP contribution in [0.15, 0.2) is 42.5 Å². The zero-order chi connectivity index (χ0) is 16.1. The molecule has 2 aromatic rings. The van der Waals surface area contributed by atoms with E-state index in [0.717, 1.165) is 20.8 Å². The van der Waals surface area contributed by atoms with Gasteiger partial charge in [-0.25, -0.2) is 4.79 Å². The Morgan fingerprint density at radius 2 is 2.00 bits per heavy atom. The first-order valence-electron chi connectivity index (χ1n) is 6.23. The third-order valence-electron chi connectivity index (χ3n) is 2.77. The number of rotatable bonds is 5. The van der Waals surface area contributed by atoms with Crippen molar-refractivity contribution in [1.29, 1.82) is 0 Å². The zero-order valence-electron chi connectivity index (χ0n) is 11.2. The van der Waals surface area contributed by atoms with Crippen molar-refractivity contribution in [3.63, 3.8) is 0 Å². The van der Waals surface area contributed by atoms with Gasteiger partial charge in [-0.2, -0.15) is 0 Å². The first-order valence-corrected chi connectivity index (χ1v) is 8.06. The minimum atomic E-state index is -0.979. The van der Waals surface area contributed by atoms with Crippen molar-refractivity contribution in [2.45, 2.75) is 6.61 Å². The predicted molar refractivity (Wildman–Crippen MR) is 96.6 cm³/mol. The molecule has 0 heterocycles. The average Bonchev–Trinajstić information content (AvgIpc) is 2.45. The highest BCUT2D eigenvalue weighted by Gasteiger charge is 2.05. The maximum Gasteiger partial charge on any atom is 0.328 e. The van der Waals surface area contributed by atoms with Gasteiger partial charge in [-0.15, -0.1) is 0 Å². The first kappa shape index (κ1) is 17.1. The molecule has 0 aliphatic carbocycles. The second-order valence-electron chi connectivity index (χ2n) is 4.39. The van der Waals surface area contributed by atoms with Gasteiger partial charge < -0.3 is 9.84 Å². The van der Waals surface area contributed by atoms with E-state index < -0.39 is 5.97 Å². The van der Waals surface area contributed by atoms with Crippen LogP contribution in [0, 0.1) is 3.57 Å². The van der Waals surface area contributed by atoms with E-state index in [0.29, 0.717) is 22.4 Å². The summed E-state index contributed by atoms with van der Waals surface area (Å²) in [6.45, 7) is 0.330. The Bertz CT molecular complexity index is 729. The van der Waals surface area contributed by atoms with Crippen LogP contribution in [0.1, 0.15) is 11.1 Å². The number of benzene rings is 2. The number of carboxylic acid groups (broad SMARTS) is 1. The normalized spacial score (nSPS) is 10.9. The molecule has 1 N–H and O–H groups in total. The van der Waals surface area contributed by atoms with Gasteiger partial charge in [0.15, 0.2) is 0 Å². The molecule has 0 aliphatic rings. The summed E-state index contributed by atoms with van der Waals surface area (Å²) < 4.78 is 6.63. The molecule has 0 amide bonds. The van der Waals surface area contributed by atoms with E-state index in [4.69, 9.17) is 33.0 Å². The second kappa shape index (κ2) is 7.85. The lowest BCUT2D eigenvalue weighted by Gasteiger charge is -2.10. The number of hydrogen-bond donors (Lipinski definition) is 1. The molecule has 3 nitrogen and oxygen atoms in total. The maximum absolute atomic E-state index is 10.5. The van der Waals surface area contributed by atoms with Crippen LogP contribution in [0.25, 0.3) is 6.08 Å². The van der Waals surface area contributed by atoms with Crippen LogP contribution in [-0.2, 0) is 11.4 Å². The molecule has 0 fully saturated rings. The minimum Gasteiger partial charge on any atom is -0.488 e. The lowest BCUT2D eigenvalue weighted by atomic mass is 10.2. The number of halogens is 3. The molecule has 2 aromatic carbocycles. The molecule has 0 aliphatic heterocycles. The van der Waals surface area contributed by atoms with Crippen LogP contribution in [0.2, 0.25) is 10.0 Å². The van der Waals surface area contributed by atoms with Crippen molar-refractivity contribution in [2.24, 2.45) is 0 Å². The van der Waals surface area contributed by atoms with Crippen LogP contribution in [0.3, 0.4) is 0 Å². The van der Waals surface area contributed by atoms with Gasteiger partial charge in [-0.3, -0.25) is 0 Å². The molecular formula is C16H11Cl2IO3. The molecule has 0 radical (unpaired) electrons. The molecule has 22 heavy (non-hydrogen) atoms. The van der Waals surface area contributed by atoms with Crippen molar-refractivity contribution in [3.8, 4) is 5.75 Å². The van der Waals surface area contributed by atoms with Crippen LogP contribution in [0.4, 0.5) is 0 Å². The number of ether oxygens (including phenoxy) is 1. The van der Waals surface area contributed by atoms with Crippen LogP contribution >= 0.6 is 45.8 Å². The summed E-state index contributed by atoms with van der Waals surface area (Å²) in [6.07, 6.45) is 2.63. The second-order valence-corrected chi connectivity index (χ2v) is 6.39. The third kappa shape index (κ3) is 4.90. The summed E-state index contributed by atoms with van der Waals surface area (Å²) in [6, 6.07) is 10.7. The number of aliphatic carboxylic acids is 1. The Hall–Kier alpha value is -1.24. The Labute approximate surface area is 151 Å². The van der Waals surface area contributed by atoms with Gasteiger partial charge in [-0.05, 0) is 58.5 Å². The zero-order valence-corrected chi connectivity index (χ0v) is 14.9. The van der Waals surface area contributed by atoms with E-state index in [1.54, 1.807) is 24.3 Å². The quantitative estimate of drug-likeness (QED) is 0.500. The van der Waals surface area contributed by atoms with Crippen LogP contribution in [0.5, 0.6) is 5.75 Å². The molecule has 0 saturated carbocycles. The van der Waals surface area contributed by atoms with Gasteiger partial charge >= 0.3 is 5.97 Å². The summed E-state index contributed by atoms with van der Waals surface area (Å²) in [7, 11) is 0. The summed E-state index contributed by atoms with van der Waals surface area (Å²) in [5, 5.41) is 9.76. The lowest BCUT2D eigenvalue weighted by molar-refractivity contribution is -0.131. The number of hydrogen-bond acceptors (Lipinski definition) is 2. The minimum absolute atomic E-state index is 0.330. The van der Waals surface area contributed by atoms with E-state index in [9.17, 15) is 4.79 Å². The molecule has 2 rings (SSSR count). The Morgan fingerprint density at radius 1 is 1.23 bits per heavy atom. The van der Waals surface area contributed by atoms with Gasteiger partial charge in [0.1, 0.15) is 12.4 Å². The largest absolute Gasteiger partial charge is 0.488 e. The fourth-order valence-electron chi connectivity index (χ4n) is 1.70. The highest BCUT2D eigenvalue weighted by Crippen LogP contribution is 2.26. The smallest absolute Gasteiger partial charge is 0.328 e. The highest BCUT2D eigenvalue weighted by atomic mass is 127. The number of carboxylic acids is 1. The topological polar surface area (TPSA) is 46.5 Å². The molecule has 6 heteroatoms. The molecule has 114 valence electrons. The van der Waals surface area contributed by atoms with Crippen molar-refractivity contribution in [3.05, 3.63) is 67.2 Å². The Morgan fingerprint density at radius 3 is 2.64 bits per heavy atom. The molecule has 0 unspecified atom stereocenters. The van der Waals surface area contributed by atoms with Crippen molar-refractivity contribution >= 4 is 57.8 Å². The lowest BCUT2D eigenvalue weighted by Crippen LogP contribution is -1.98. The van der Waals surface area contributed by atoms with Gasteiger partial charge in [-0.1, -0.05) is 35.3 Å². The van der Waals surface area contributed by atoms with Crippen molar-refractivity contribution in [1.82, 2.24) is 0 Å². The van der Waals surface area contributed by atoms with Crippen LogP contribution in [-0.4, -0.2) is 11.1 Å². The fraction of sp³-hybridized carbons (Fsp3) is 0.0625. The molecular weight excluding hydrogens is 438 g/mol. The summed E-state index contributed by atoms with van der Waals surface area (Å²) in [4.78, 5) is 10.5. The molecule has 0 aromatic heterocycles. The number of carbonyl (C=O) groups is 1. The van der Waals surface area contributed by atoms with Gasteiger partial charge in [0, 0.05) is 21.7 Å². The van der Waals surface area contributed by atoms with Gasteiger partial charge in [0.25, 0.3) is 0 Å². The summed E-state index contributed by atoms with van der Waals surface area (Å²) >= 11 is 14.1. The van der Waals surface area contributed by atoms with Gasteiger partial charge in [0.2, 0.25) is 0 Å². The maximum atomic E-state index is 10.5. The summed E-state index contributed by atoms with van der Waals surface area (Å²) in [5.74, 6) is -0.271. The van der Waals surface area contributed by atoms with E-state index in [-0.39, 0.29) is 0 Å². The standard InChI is InChI=1S/C16H11Cl2IO3/c17-12-4-3-11(13(18)8-12)9-22-15-5-1-10(7-14(15)19)2-6-16(20)21/h1-8H,9H2,(H,20,21)/b6-2+. The molecule has 0 spiro atoms. The SMILES string of the molecule is O=C(O)/C=C/c1ccc(OCc2ccc(Cl)cc2Cl)c(I)c1. The predicted octanol–water partition coefficient (Wildman–Crippen LogP) is 5.27. The summed E-state index contributed by atoms with van der Waals surface area (Å²) in [5.41, 5.74) is 1.64.